The van der Waals surface area contributed by atoms with Crippen LogP contribution in [0.15, 0.2) is 41.0 Å². The van der Waals surface area contributed by atoms with E-state index in [1.807, 2.05) is 6.07 Å². The third-order valence-electron chi connectivity index (χ3n) is 3.64. The molecule has 1 aromatic carbocycles. The van der Waals surface area contributed by atoms with Crippen LogP contribution in [0.5, 0.6) is 0 Å². The molecule has 0 aromatic heterocycles. The van der Waals surface area contributed by atoms with Gasteiger partial charge < -0.3 is 15.2 Å². The number of ether oxygens (including phenoxy) is 2. The number of halogens is 1. The van der Waals surface area contributed by atoms with Crippen molar-refractivity contribution in [1.82, 2.24) is 0 Å². The molecule has 1 atom stereocenters. The van der Waals surface area contributed by atoms with Gasteiger partial charge in [0.25, 0.3) is 0 Å². The van der Waals surface area contributed by atoms with Crippen LogP contribution in [0.25, 0.3) is 0 Å². The monoisotopic (exact) mass is 316 g/mol. The molecular weight excluding hydrogens is 299 g/mol. The van der Waals surface area contributed by atoms with Gasteiger partial charge in [-0.2, -0.15) is 5.26 Å². The van der Waals surface area contributed by atoms with Crippen molar-refractivity contribution < 1.29 is 18.7 Å². The minimum absolute atomic E-state index is 0.0632. The number of rotatable bonds is 3. The first-order chi connectivity index (χ1) is 10.9. The van der Waals surface area contributed by atoms with Crippen molar-refractivity contribution in [2.24, 2.45) is 5.73 Å². The Morgan fingerprint density at radius 1 is 1.48 bits per heavy atom. The molecule has 0 saturated heterocycles. The van der Waals surface area contributed by atoms with Crippen LogP contribution < -0.4 is 5.73 Å². The van der Waals surface area contributed by atoms with Crippen molar-refractivity contribution in [2.45, 2.75) is 26.7 Å². The summed E-state index contributed by atoms with van der Waals surface area (Å²) in [7, 11) is 0. The number of benzene rings is 1. The highest BCUT2D eigenvalue weighted by Gasteiger charge is 2.36. The summed E-state index contributed by atoms with van der Waals surface area (Å²) >= 11 is 0. The number of allylic oxidation sites excluding steroid dienone is 2. The number of carbonyl (C=O) groups excluding carboxylic acids is 1. The molecule has 0 fully saturated rings. The zero-order chi connectivity index (χ0) is 17.1. The molecule has 0 spiro atoms. The van der Waals surface area contributed by atoms with Crippen molar-refractivity contribution in [2.75, 3.05) is 6.61 Å². The van der Waals surface area contributed by atoms with E-state index in [2.05, 4.69) is 0 Å². The molecule has 0 amide bonds. The highest BCUT2D eigenvalue weighted by Crippen LogP contribution is 2.40. The Kier molecular flexibility index (Phi) is 4.70. The quantitative estimate of drug-likeness (QED) is 0.867. The van der Waals surface area contributed by atoms with Gasteiger partial charge in [0.2, 0.25) is 5.88 Å². The molecule has 6 heteroatoms. The third kappa shape index (κ3) is 3.04. The normalized spacial score (nSPS) is 17.6. The Balaban J connectivity index is 2.66. The van der Waals surface area contributed by atoms with Crippen LogP contribution in [-0.2, 0) is 14.3 Å². The number of hydrogen-bond acceptors (Lipinski definition) is 5. The van der Waals surface area contributed by atoms with E-state index in [1.165, 1.54) is 18.2 Å². The lowest BCUT2D eigenvalue weighted by atomic mass is 9.81. The Morgan fingerprint density at radius 2 is 2.17 bits per heavy atom. The van der Waals surface area contributed by atoms with E-state index in [1.54, 1.807) is 20.8 Å². The van der Waals surface area contributed by atoms with Crippen molar-refractivity contribution in [1.29, 1.82) is 5.26 Å². The van der Waals surface area contributed by atoms with Crippen LogP contribution in [0.2, 0.25) is 0 Å². The van der Waals surface area contributed by atoms with Crippen LogP contribution in [-0.4, -0.2) is 12.6 Å². The van der Waals surface area contributed by atoms with E-state index in [9.17, 15) is 14.4 Å². The molecule has 1 aliphatic heterocycles. The molecule has 0 bridgehead atoms. The van der Waals surface area contributed by atoms with E-state index in [4.69, 9.17) is 15.2 Å². The average molecular weight is 316 g/mol. The van der Waals surface area contributed by atoms with Crippen LogP contribution in [0.3, 0.4) is 0 Å². The van der Waals surface area contributed by atoms with E-state index in [-0.39, 0.29) is 29.4 Å². The Morgan fingerprint density at radius 3 is 2.74 bits per heavy atom. The summed E-state index contributed by atoms with van der Waals surface area (Å²) in [5, 5.41) is 9.44. The highest BCUT2D eigenvalue weighted by atomic mass is 19.1. The van der Waals surface area contributed by atoms with Crippen molar-refractivity contribution in [3.05, 3.63) is 57.9 Å². The molecule has 23 heavy (non-hydrogen) atoms. The second-order valence-electron chi connectivity index (χ2n) is 5.12. The van der Waals surface area contributed by atoms with Crippen molar-refractivity contribution in [3.8, 4) is 6.07 Å². The number of esters is 1. The van der Waals surface area contributed by atoms with E-state index in [0.29, 0.717) is 11.1 Å². The van der Waals surface area contributed by atoms with Gasteiger partial charge in [0.15, 0.2) is 0 Å². The van der Waals surface area contributed by atoms with Gasteiger partial charge in [-0.25, -0.2) is 9.18 Å². The number of nitrogens with two attached hydrogens (primary N) is 1. The molecule has 2 rings (SSSR count). The molecular formula is C17H17FN2O3. The van der Waals surface area contributed by atoms with Crippen molar-refractivity contribution >= 4 is 5.97 Å². The number of carbonyl (C=O) groups is 1. The highest BCUT2D eigenvalue weighted by molar-refractivity contribution is 5.92. The fraction of sp³-hybridized carbons (Fsp3) is 0.294. The summed E-state index contributed by atoms with van der Waals surface area (Å²) in [4.78, 5) is 12.3. The summed E-state index contributed by atoms with van der Waals surface area (Å²) in [5.74, 6) is -1.51. The topological polar surface area (TPSA) is 85.3 Å². The van der Waals surface area contributed by atoms with E-state index in [0.717, 1.165) is 0 Å². The van der Waals surface area contributed by atoms with Gasteiger partial charge in [-0.1, -0.05) is 6.07 Å². The zero-order valence-corrected chi connectivity index (χ0v) is 13.1. The summed E-state index contributed by atoms with van der Waals surface area (Å²) in [5.41, 5.74) is 7.32. The molecule has 1 aromatic rings. The summed E-state index contributed by atoms with van der Waals surface area (Å²) < 4.78 is 23.8. The summed E-state index contributed by atoms with van der Waals surface area (Å²) in [6, 6.07) is 6.15. The van der Waals surface area contributed by atoms with Crippen LogP contribution in [0.1, 0.15) is 30.9 Å². The Labute approximate surface area is 133 Å². The minimum atomic E-state index is -0.742. The van der Waals surface area contributed by atoms with E-state index < -0.39 is 17.7 Å². The summed E-state index contributed by atoms with van der Waals surface area (Å²) in [6.07, 6.45) is 0. The van der Waals surface area contributed by atoms with Gasteiger partial charge in [-0.15, -0.1) is 0 Å². The van der Waals surface area contributed by atoms with Gasteiger partial charge in [-0.05, 0) is 44.0 Å². The fourth-order valence-corrected chi connectivity index (χ4v) is 2.63. The lowest BCUT2D eigenvalue weighted by molar-refractivity contribution is -0.139. The van der Waals surface area contributed by atoms with Crippen LogP contribution >= 0.6 is 0 Å². The molecule has 1 aliphatic rings. The Hall–Kier alpha value is -2.81. The fourth-order valence-electron chi connectivity index (χ4n) is 2.63. The molecule has 2 N–H and O–H groups in total. The molecule has 1 unspecified atom stereocenters. The van der Waals surface area contributed by atoms with Gasteiger partial charge in [-0.3, -0.25) is 0 Å². The number of aryl methyl sites for hydroxylation is 1. The third-order valence-corrected chi connectivity index (χ3v) is 3.64. The number of nitriles is 1. The number of nitrogens with zero attached hydrogens (tertiary/aromatic N) is 1. The largest absolute Gasteiger partial charge is 0.463 e. The maximum Gasteiger partial charge on any atom is 0.338 e. The van der Waals surface area contributed by atoms with Gasteiger partial charge in [0.05, 0.1) is 18.1 Å². The molecule has 0 radical (unpaired) electrons. The lowest BCUT2D eigenvalue weighted by Crippen LogP contribution is -2.26. The molecule has 5 nitrogen and oxygen atoms in total. The summed E-state index contributed by atoms with van der Waals surface area (Å²) in [6.45, 7) is 5.16. The predicted octanol–water partition coefficient (Wildman–Crippen LogP) is 2.78. The minimum Gasteiger partial charge on any atom is -0.463 e. The second-order valence-corrected chi connectivity index (χ2v) is 5.12. The standard InChI is InChI=1S/C17H17FN2O3/c1-4-22-17(21)14-10(3)23-16(20)13(8-19)15(14)12-6-5-11(18)7-9(12)2/h5-7,15H,4,20H2,1-3H3. The SMILES string of the molecule is CCOC(=O)C1=C(C)OC(N)=C(C#N)C1c1ccc(F)cc1C. The molecule has 1 heterocycles. The van der Waals surface area contributed by atoms with Crippen LogP contribution in [0, 0.1) is 24.1 Å². The van der Waals surface area contributed by atoms with Crippen molar-refractivity contribution in [3.63, 3.8) is 0 Å². The van der Waals surface area contributed by atoms with Crippen LogP contribution in [0.4, 0.5) is 4.39 Å². The van der Waals surface area contributed by atoms with Gasteiger partial charge >= 0.3 is 5.97 Å². The zero-order valence-electron chi connectivity index (χ0n) is 13.1. The molecule has 0 saturated carbocycles. The van der Waals surface area contributed by atoms with E-state index >= 15 is 0 Å². The maximum absolute atomic E-state index is 13.4. The molecule has 120 valence electrons. The Bertz CT molecular complexity index is 760. The second kappa shape index (κ2) is 6.53. The first-order valence-electron chi connectivity index (χ1n) is 7.12. The molecule has 0 aliphatic carbocycles. The number of hydrogen-bond donors (Lipinski definition) is 1. The predicted molar refractivity (Wildman–Crippen MR) is 81.1 cm³/mol. The average Bonchev–Trinajstić information content (AvgIpc) is 2.46. The lowest BCUT2D eigenvalue weighted by Gasteiger charge is -2.27. The maximum atomic E-state index is 13.4. The van der Waals surface area contributed by atoms with Gasteiger partial charge in [0.1, 0.15) is 23.2 Å². The first-order valence-corrected chi connectivity index (χ1v) is 7.12. The first kappa shape index (κ1) is 16.6. The van der Waals surface area contributed by atoms with Gasteiger partial charge in [0, 0.05) is 0 Å². The smallest absolute Gasteiger partial charge is 0.338 e.